The molecule has 0 atom stereocenters. The van der Waals surface area contributed by atoms with Crippen LogP contribution in [-0.4, -0.2) is 40.3 Å². The SMILES string of the molecule is Cc1cc(C(=O)Nc2nnnn2C)c(C)c2c1S(=O)(=O)CCC2(C)C. The maximum absolute atomic E-state index is 12.7. The Hall–Kier alpha value is -2.29. The molecule has 1 aliphatic heterocycles. The van der Waals surface area contributed by atoms with Crippen LogP contribution in [0, 0.1) is 13.8 Å². The number of aryl methyl sites for hydroxylation is 2. The van der Waals surface area contributed by atoms with Crippen LogP contribution < -0.4 is 5.32 Å². The van der Waals surface area contributed by atoms with Gasteiger partial charge in [-0.25, -0.2) is 13.1 Å². The monoisotopic (exact) mass is 363 g/mol. The van der Waals surface area contributed by atoms with Crippen LogP contribution in [0.2, 0.25) is 0 Å². The van der Waals surface area contributed by atoms with E-state index in [1.165, 1.54) is 4.68 Å². The molecule has 9 heteroatoms. The third-order valence-corrected chi connectivity index (χ3v) is 6.69. The van der Waals surface area contributed by atoms with Crippen molar-refractivity contribution in [2.75, 3.05) is 11.1 Å². The average molecular weight is 363 g/mol. The molecule has 0 saturated carbocycles. The molecule has 1 N–H and O–H groups in total. The molecular formula is C16H21N5O3S. The van der Waals surface area contributed by atoms with Crippen molar-refractivity contribution in [3.63, 3.8) is 0 Å². The second-order valence-electron chi connectivity index (χ2n) is 7.10. The highest BCUT2D eigenvalue weighted by Crippen LogP contribution is 2.42. The Morgan fingerprint density at radius 2 is 2.00 bits per heavy atom. The molecule has 1 amide bonds. The molecule has 0 unspecified atom stereocenters. The van der Waals surface area contributed by atoms with Crippen molar-refractivity contribution < 1.29 is 13.2 Å². The van der Waals surface area contributed by atoms with Gasteiger partial charge < -0.3 is 0 Å². The fraction of sp³-hybridized carbons (Fsp3) is 0.500. The first kappa shape index (κ1) is 17.5. The Kier molecular flexibility index (Phi) is 3.94. The van der Waals surface area contributed by atoms with Crippen molar-refractivity contribution in [1.82, 2.24) is 20.2 Å². The van der Waals surface area contributed by atoms with E-state index >= 15 is 0 Å². The summed E-state index contributed by atoms with van der Waals surface area (Å²) in [5.41, 5.74) is 2.12. The summed E-state index contributed by atoms with van der Waals surface area (Å²) < 4.78 is 26.5. The summed E-state index contributed by atoms with van der Waals surface area (Å²) in [4.78, 5) is 13.1. The van der Waals surface area contributed by atoms with Gasteiger partial charge in [-0.05, 0) is 58.9 Å². The van der Waals surface area contributed by atoms with Crippen LogP contribution in [0.1, 0.15) is 47.3 Å². The number of aromatic nitrogens is 4. The van der Waals surface area contributed by atoms with Gasteiger partial charge in [0.2, 0.25) is 5.95 Å². The van der Waals surface area contributed by atoms with Crippen molar-refractivity contribution in [1.29, 1.82) is 0 Å². The van der Waals surface area contributed by atoms with E-state index < -0.39 is 9.84 Å². The highest BCUT2D eigenvalue weighted by Gasteiger charge is 2.39. The van der Waals surface area contributed by atoms with Crippen LogP contribution in [0.25, 0.3) is 0 Å². The van der Waals surface area contributed by atoms with Crippen LogP contribution in [0.3, 0.4) is 0 Å². The van der Waals surface area contributed by atoms with Crippen molar-refractivity contribution in [3.8, 4) is 0 Å². The van der Waals surface area contributed by atoms with Crippen molar-refractivity contribution >= 4 is 21.7 Å². The van der Waals surface area contributed by atoms with Gasteiger partial charge in [0.25, 0.3) is 5.91 Å². The predicted molar refractivity (Wildman–Crippen MR) is 92.4 cm³/mol. The standard InChI is InChI=1S/C16H21N5O3S/c1-9-8-11(14(22)17-15-18-19-20-21(15)5)10(2)12-13(9)25(23,24)7-6-16(12,3)4/h8H,6-7H2,1-5H3,(H,17,18,20,22). The minimum absolute atomic E-state index is 0.128. The molecule has 1 aromatic carbocycles. The zero-order valence-corrected chi connectivity index (χ0v) is 15.7. The quantitative estimate of drug-likeness (QED) is 0.867. The Labute approximate surface area is 146 Å². The van der Waals surface area contributed by atoms with Crippen LogP contribution in [0.5, 0.6) is 0 Å². The summed E-state index contributed by atoms with van der Waals surface area (Å²) in [7, 11) is -1.71. The zero-order valence-electron chi connectivity index (χ0n) is 14.9. The Morgan fingerprint density at radius 1 is 1.32 bits per heavy atom. The van der Waals surface area contributed by atoms with Crippen LogP contribution in [0.15, 0.2) is 11.0 Å². The lowest BCUT2D eigenvalue weighted by Crippen LogP contribution is -2.33. The summed E-state index contributed by atoms with van der Waals surface area (Å²) in [5.74, 6) is -0.00426. The topological polar surface area (TPSA) is 107 Å². The molecule has 25 heavy (non-hydrogen) atoms. The lowest BCUT2D eigenvalue weighted by molar-refractivity contribution is 0.102. The number of hydrogen-bond acceptors (Lipinski definition) is 6. The second kappa shape index (κ2) is 5.62. The van der Waals surface area contributed by atoms with E-state index in [9.17, 15) is 13.2 Å². The molecule has 1 aromatic heterocycles. The lowest BCUT2D eigenvalue weighted by Gasteiger charge is -2.35. The van der Waals surface area contributed by atoms with Crippen LogP contribution in [-0.2, 0) is 22.3 Å². The first-order valence-corrected chi connectivity index (χ1v) is 9.61. The number of rotatable bonds is 2. The third kappa shape index (κ3) is 2.82. The van der Waals surface area contributed by atoms with Gasteiger partial charge in [-0.15, -0.1) is 0 Å². The van der Waals surface area contributed by atoms with Gasteiger partial charge in [0.15, 0.2) is 9.84 Å². The normalized spacial score (nSPS) is 17.8. The summed E-state index contributed by atoms with van der Waals surface area (Å²) in [6.07, 6.45) is 0.529. The Bertz CT molecular complexity index is 976. The van der Waals surface area contributed by atoms with Gasteiger partial charge in [-0.2, -0.15) is 0 Å². The van der Waals surface area contributed by atoms with Gasteiger partial charge in [0.1, 0.15) is 0 Å². The van der Waals surface area contributed by atoms with Gasteiger partial charge in [-0.1, -0.05) is 18.9 Å². The molecular weight excluding hydrogens is 342 g/mol. The number of nitrogens with one attached hydrogen (secondary N) is 1. The summed E-state index contributed by atoms with van der Waals surface area (Å²) in [5, 5.41) is 13.6. The van der Waals surface area contributed by atoms with Crippen molar-refractivity contribution in [2.45, 2.75) is 44.4 Å². The molecule has 3 rings (SSSR count). The first-order valence-electron chi connectivity index (χ1n) is 7.96. The highest BCUT2D eigenvalue weighted by atomic mass is 32.2. The minimum atomic E-state index is -3.33. The van der Waals surface area contributed by atoms with Gasteiger partial charge in [0, 0.05) is 12.6 Å². The molecule has 2 heterocycles. The van der Waals surface area contributed by atoms with Gasteiger partial charge >= 0.3 is 0 Å². The van der Waals surface area contributed by atoms with Gasteiger partial charge in [0.05, 0.1) is 10.6 Å². The second-order valence-corrected chi connectivity index (χ2v) is 9.15. The fourth-order valence-corrected chi connectivity index (χ4v) is 5.74. The highest BCUT2D eigenvalue weighted by molar-refractivity contribution is 7.91. The Balaban J connectivity index is 2.17. The van der Waals surface area contributed by atoms with Crippen LogP contribution >= 0.6 is 0 Å². The number of nitrogens with zero attached hydrogens (tertiary/aromatic N) is 4. The number of amides is 1. The van der Waals surface area contributed by atoms with Crippen molar-refractivity contribution in [3.05, 3.63) is 28.3 Å². The molecule has 2 aromatic rings. The molecule has 8 nitrogen and oxygen atoms in total. The maximum atomic E-state index is 12.7. The average Bonchev–Trinajstić information content (AvgIpc) is 2.90. The molecule has 134 valence electrons. The van der Waals surface area contributed by atoms with E-state index in [-0.39, 0.29) is 23.0 Å². The number of hydrogen-bond donors (Lipinski definition) is 1. The van der Waals surface area contributed by atoms with E-state index in [1.54, 1.807) is 27.0 Å². The first-order chi connectivity index (χ1) is 11.5. The zero-order chi connectivity index (χ0) is 18.6. The van der Waals surface area contributed by atoms with E-state index in [0.29, 0.717) is 28.0 Å². The molecule has 0 saturated heterocycles. The molecule has 1 aliphatic rings. The smallest absolute Gasteiger partial charge is 0.258 e. The van der Waals surface area contributed by atoms with Crippen molar-refractivity contribution in [2.24, 2.45) is 7.05 Å². The third-order valence-electron chi connectivity index (χ3n) is 4.80. The summed E-state index contributed by atoms with van der Waals surface area (Å²) in [6.45, 7) is 7.56. The number of fused-ring (bicyclic) bond motifs is 1. The van der Waals surface area contributed by atoms with E-state index in [0.717, 1.165) is 5.56 Å². The summed E-state index contributed by atoms with van der Waals surface area (Å²) >= 11 is 0. The minimum Gasteiger partial charge on any atom is -0.289 e. The van der Waals surface area contributed by atoms with E-state index in [2.05, 4.69) is 20.8 Å². The van der Waals surface area contributed by atoms with Crippen LogP contribution in [0.4, 0.5) is 5.95 Å². The van der Waals surface area contributed by atoms with Gasteiger partial charge in [-0.3, -0.25) is 10.1 Å². The largest absolute Gasteiger partial charge is 0.289 e. The predicted octanol–water partition coefficient (Wildman–Crippen LogP) is 1.53. The summed E-state index contributed by atoms with van der Waals surface area (Å²) in [6, 6.07) is 1.63. The lowest BCUT2D eigenvalue weighted by atomic mass is 9.77. The number of anilines is 1. The molecule has 0 bridgehead atoms. The number of tetrazole rings is 1. The number of carbonyl (C=O) groups excluding carboxylic acids is 1. The number of carbonyl (C=O) groups is 1. The van der Waals surface area contributed by atoms with E-state index in [1.807, 2.05) is 13.8 Å². The number of benzene rings is 1. The Morgan fingerprint density at radius 3 is 2.60 bits per heavy atom. The molecule has 0 spiro atoms. The molecule has 0 radical (unpaired) electrons. The molecule has 0 fully saturated rings. The maximum Gasteiger partial charge on any atom is 0.258 e. The molecule has 0 aliphatic carbocycles. The number of sulfone groups is 1. The fourth-order valence-electron chi connectivity index (χ4n) is 3.46. The van der Waals surface area contributed by atoms with E-state index in [4.69, 9.17) is 0 Å².